The van der Waals surface area contributed by atoms with E-state index in [0.29, 0.717) is 12.2 Å². The summed E-state index contributed by atoms with van der Waals surface area (Å²) in [7, 11) is -0.339. The summed E-state index contributed by atoms with van der Waals surface area (Å²) < 4.78 is 24.2. The summed E-state index contributed by atoms with van der Waals surface area (Å²) in [6.07, 6.45) is 1.44. The van der Waals surface area contributed by atoms with Crippen LogP contribution in [0.25, 0.3) is 0 Å². The Morgan fingerprint density at radius 1 is 1.54 bits per heavy atom. The lowest BCUT2D eigenvalue weighted by Gasteiger charge is -2.08. The molecule has 5 nitrogen and oxygen atoms in total. The Bertz CT molecular complexity index is 380. The van der Waals surface area contributed by atoms with Gasteiger partial charge in [-0.15, -0.1) is 0 Å². The highest BCUT2D eigenvalue weighted by molar-refractivity contribution is 7.89. The molecule has 0 aliphatic rings. The van der Waals surface area contributed by atoms with Crippen LogP contribution in [0.1, 0.15) is 5.69 Å². The van der Waals surface area contributed by atoms with Gasteiger partial charge in [-0.05, 0) is 6.07 Å². The molecule has 0 saturated carbocycles. The van der Waals surface area contributed by atoms with Crippen molar-refractivity contribution in [2.75, 3.05) is 14.1 Å². The molecule has 0 aromatic carbocycles. The smallest absolute Gasteiger partial charge is 0.244 e. The highest BCUT2D eigenvalue weighted by atomic mass is 32.2. The van der Waals surface area contributed by atoms with Crippen LogP contribution in [0.4, 0.5) is 0 Å². The van der Waals surface area contributed by atoms with Gasteiger partial charge in [-0.2, -0.15) is 0 Å². The van der Waals surface area contributed by atoms with Gasteiger partial charge in [0, 0.05) is 32.5 Å². The second-order valence-electron chi connectivity index (χ2n) is 2.85. The van der Waals surface area contributed by atoms with Crippen molar-refractivity contribution < 1.29 is 8.42 Å². The quantitative estimate of drug-likeness (QED) is 0.709. The highest BCUT2D eigenvalue weighted by Crippen LogP contribution is 2.13. The Labute approximate surface area is 77.6 Å². The number of hydrogen-bond acceptors (Lipinski definition) is 3. The molecular weight excluding hydrogens is 190 g/mol. The molecule has 0 radical (unpaired) electrons. The van der Waals surface area contributed by atoms with Gasteiger partial charge in [0.2, 0.25) is 10.0 Å². The molecule has 0 bridgehead atoms. The predicted octanol–water partition coefficient (Wildman–Crippen LogP) is -0.276. The van der Waals surface area contributed by atoms with Crippen molar-refractivity contribution in [2.45, 2.75) is 11.4 Å². The highest BCUT2D eigenvalue weighted by Gasteiger charge is 2.18. The van der Waals surface area contributed by atoms with Gasteiger partial charge in [-0.25, -0.2) is 12.7 Å². The number of nitrogens with zero attached hydrogens (tertiary/aromatic N) is 1. The summed E-state index contributed by atoms with van der Waals surface area (Å²) in [6, 6.07) is 1.54. The van der Waals surface area contributed by atoms with E-state index in [2.05, 4.69) is 4.98 Å². The minimum atomic E-state index is -3.32. The van der Waals surface area contributed by atoms with Crippen molar-refractivity contribution in [3.8, 4) is 0 Å². The molecule has 0 unspecified atom stereocenters. The number of aromatic nitrogens is 1. The van der Waals surface area contributed by atoms with Crippen LogP contribution in [0.15, 0.2) is 17.2 Å². The fourth-order valence-electron chi connectivity index (χ4n) is 0.896. The molecule has 0 atom stereocenters. The molecule has 1 aromatic heterocycles. The molecule has 3 N–H and O–H groups in total. The molecule has 0 fully saturated rings. The lowest BCUT2D eigenvalue weighted by molar-refractivity contribution is 0.521. The van der Waals surface area contributed by atoms with Crippen molar-refractivity contribution in [3.05, 3.63) is 18.0 Å². The van der Waals surface area contributed by atoms with E-state index in [1.807, 2.05) is 0 Å². The summed E-state index contributed by atoms with van der Waals surface area (Å²) in [5.41, 5.74) is 6.05. The summed E-state index contributed by atoms with van der Waals surface area (Å²) in [5.74, 6) is 0. The standard InChI is InChI=1S/C7H13N3O2S/c1-10(2)13(11,12)7-3-6(4-8)9-5-7/h3,5,9H,4,8H2,1-2H3. The first-order valence-electron chi connectivity index (χ1n) is 3.78. The average Bonchev–Trinajstić information content (AvgIpc) is 2.51. The number of rotatable bonds is 3. The number of H-pyrrole nitrogens is 1. The average molecular weight is 203 g/mol. The van der Waals surface area contributed by atoms with Crippen LogP contribution < -0.4 is 5.73 Å². The number of nitrogens with two attached hydrogens (primary N) is 1. The number of nitrogens with one attached hydrogen (secondary N) is 1. The molecule has 0 spiro atoms. The Morgan fingerprint density at radius 2 is 2.15 bits per heavy atom. The zero-order valence-corrected chi connectivity index (χ0v) is 8.43. The first kappa shape index (κ1) is 10.2. The maximum absolute atomic E-state index is 11.5. The monoisotopic (exact) mass is 203 g/mol. The van der Waals surface area contributed by atoms with Gasteiger partial charge >= 0.3 is 0 Å². The van der Waals surface area contributed by atoms with Crippen molar-refractivity contribution >= 4 is 10.0 Å². The van der Waals surface area contributed by atoms with Crippen LogP contribution >= 0.6 is 0 Å². The van der Waals surface area contributed by atoms with Gasteiger partial charge in [0.25, 0.3) is 0 Å². The van der Waals surface area contributed by atoms with Crippen molar-refractivity contribution in [1.29, 1.82) is 0 Å². The molecule has 1 rings (SSSR count). The van der Waals surface area contributed by atoms with Gasteiger partial charge in [0.15, 0.2) is 0 Å². The third-order valence-corrected chi connectivity index (χ3v) is 3.51. The molecule has 0 amide bonds. The van der Waals surface area contributed by atoms with Crippen molar-refractivity contribution in [1.82, 2.24) is 9.29 Å². The largest absolute Gasteiger partial charge is 0.363 e. The van der Waals surface area contributed by atoms with Crippen LogP contribution in [0.3, 0.4) is 0 Å². The van der Waals surface area contributed by atoms with Crippen molar-refractivity contribution in [3.63, 3.8) is 0 Å². The zero-order valence-electron chi connectivity index (χ0n) is 7.61. The molecule has 6 heteroatoms. The molecule has 0 saturated heterocycles. The van der Waals surface area contributed by atoms with Crippen LogP contribution in [0.5, 0.6) is 0 Å². The lowest BCUT2D eigenvalue weighted by atomic mass is 10.4. The maximum Gasteiger partial charge on any atom is 0.244 e. The summed E-state index contributed by atoms with van der Waals surface area (Å²) in [5, 5.41) is 0. The second-order valence-corrected chi connectivity index (χ2v) is 5.00. The minimum Gasteiger partial charge on any atom is -0.363 e. The fraction of sp³-hybridized carbons (Fsp3) is 0.429. The molecule has 0 aliphatic carbocycles. The van der Waals surface area contributed by atoms with Gasteiger partial charge in [-0.1, -0.05) is 0 Å². The van der Waals surface area contributed by atoms with E-state index in [1.54, 1.807) is 0 Å². The summed E-state index contributed by atoms with van der Waals surface area (Å²) in [4.78, 5) is 3.03. The van der Waals surface area contributed by atoms with Gasteiger partial charge in [0.05, 0.1) is 4.90 Å². The van der Waals surface area contributed by atoms with Crippen LogP contribution in [0, 0.1) is 0 Å². The van der Waals surface area contributed by atoms with E-state index in [9.17, 15) is 8.42 Å². The van der Waals surface area contributed by atoms with E-state index in [4.69, 9.17) is 5.73 Å². The normalized spacial score (nSPS) is 12.3. The van der Waals surface area contributed by atoms with E-state index in [-0.39, 0.29) is 4.90 Å². The Morgan fingerprint density at radius 3 is 2.54 bits per heavy atom. The van der Waals surface area contributed by atoms with Gasteiger partial charge in [0.1, 0.15) is 0 Å². The number of sulfonamides is 1. The Balaban J connectivity index is 3.09. The molecular formula is C7H13N3O2S. The van der Waals surface area contributed by atoms with Crippen LogP contribution in [-0.2, 0) is 16.6 Å². The Kier molecular flexibility index (Phi) is 2.74. The molecule has 13 heavy (non-hydrogen) atoms. The van der Waals surface area contributed by atoms with E-state index in [1.165, 1.54) is 26.4 Å². The first-order chi connectivity index (χ1) is 5.98. The van der Waals surface area contributed by atoms with Crippen molar-refractivity contribution in [2.24, 2.45) is 5.73 Å². The molecule has 1 aromatic rings. The Hall–Kier alpha value is -0.850. The molecule has 74 valence electrons. The lowest BCUT2D eigenvalue weighted by Crippen LogP contribution is -2.21. The molecule has 1 heterocycles. The number of hydrogen-bond donors (Lipinski definition) is 2. The van der Waals surface area contributed by atoms with Crippen LogP contribution in [-0.4, -0.2) is 31.8 Å². The van der Waals surface area contributed by atoms with Crippen LogP contribution in [0.2, 0.25) is 0 Å². The van der Waals surface area contributed by atoms with Gasteiger partial charge in [-0.3, -0.25) is 0 Å². The van der Waals surface area contributed by atoms with E-state index in [0.717, 1.165) is 4.31 Å². The topological polar surface area (TPSA) is 79.2 Å². The second kappa shape index (κ2) is 3.49. The number of aromatic amines is 1. The zero-order chi connectivity index (χ0) is 10.1. The van der Waals surface area contributed by atoms with Gasteiger partial charge < -0.3 is 10.7 Å². The third-order valence-electron chi connectivity index (χ3n) is 1.71. The maximum atomic E-state index is 11.5. The van der Waals surface area contributed by atoms with E-state index < -0.39 is 10.0 Å². The third kappa shape index (κ3) is 1.90. The first-order valence-corrected chi connectivity index (χ1v) is 5.22. The van der Waals surface area contributed by atoms with E-state index >= 15 is 0 Å². The summed E-state index contributed by atoms with van der Waals surface area (Å²) in [6.45, 7) is 0.308. The minimum absolute atomic E-state index is 0.248. The predicted molar refractivity (Wildman–Crippen MR) is 49.6 cm³/mol. The SMILES string of the molecule is CN(C)S(=O)(=O)c1c[nH]c(CN)c1. The fourth-order valence-corrected chi connectivity index (χ4v) is 1.82. The molecule has 0 aliphatic heterocycles. The summed E-state index contributed by atoms with van der Waals surface area (Å²) >= 11 is 0.